The van der Waals surface area contributed by atoms with E-state index >= 15 is 0 Å². The number of nitrogens with zero attached hydrogens (tertiary/aromatic N) is 3. The van der Waals surface area contributed by atoms with E-state index in [0.717, 1.165) is 0 Å². The lowest BCUT2D eigenvalue weighted by atomic mass is 10.2. The normalized spacial score (nSPS) is 10.3. The van der Waals surface area contributed by atoms with Crippen LogP contribution in [0.15, 0.2) is 18.2 Å². The zero-order chi connectivity index (χ0) is 14.0. The van der Waals surface area contributed by atoms with Crippen molar-refractivity contribution in [2.24, 2.45) is 0 Å². The van der Waals surface area contributed by atoms with Crippen LogP contribution < -0.4 is 5.32 Å². The molecule has 0 fully saturated rings. The van der Waals surface area contributed by atoms with Crippen LogP contribution in [-0.2, 0) is 0 Å². The molecule has 0 unspecified atom stereocenters. The Morgan fingerprint density at radius 2 is 1.74 bits per heavy atom. The van der Waals surface area contributed by atoms with Crippen LogP contribution in [-0.4, -0.2) is 20.9 Å². The van der Waals surface area contributed by atoms with Crippen molar-refractivity contribution in [1.29, 1.82) is 0 Å². The molecule has 5 nitrogen and oxygen atoms in total. The Labute approximate surface area is 127 Å². The average Bonchev–Trinajstić information content (AvgIpc) is 2.26. The van der Waals surface area contributed by atoms with Gasteiger partial charge < -0.3 is 5.32 Å². The molecule has 0 spiro atoms. The van der Waals surface area contributed by atoms with Gasteiger partial charge >= 0.3 is 0 Å². The molecule has 2 aromatic heterocycles. The molecule has 2 aromatic rings. The van der Waals surface area contributed by atoms with Crippen LogP contribution in [0.5, 0.6) is 0 Å². The predicted octanol–water partition coefficient (Wildman–Crippen LogP) is 3.74. The number of halogens is 4. The van der Waals surface area contributed by atoms with Crippen molar-refractivity contribution in [3.05, 3.63) is 44.5 Å². The summed E-state index contributed by atoms with van der Waals surface area (Å²) in [5.74, 6) is -0.360. The van der Waals surface area contributed by atoms with Crippen molar-refractivity contribution in [2.75, 3.05) is 5.32 Å². The van der Waals surface area contributed by atoms with Gasteiger partial charge in [-0.1, -0.05) is 34.8 Å². The fourth-order valence-corrected chi connectivity index (χ4v) is 2.06. The van der Waals surface area contributed by atoms with E-state index < -0.39 is 5.91 Å². The first-order chi connectivity index (χ1) is 8.95. The number of anilines is 1. The van der Waals surface area contributed by atoms with Crippen molar-refractivity contribution < 1.29 is 4.79 Å². The lowest BCUT2D eigenvalue weighted by Gasteiger charge is -2.06. The van der Waals surface area contributed by atoms with Crippen LogP contribution in [0.3, 0.4) is 0 Å². The molecule has 0 atom stereocenters. The SMILES string of the molecule is O=C(Nc1cc(Cl)nc(Cl)n1)c1ccc(Cl)nc1Cl. The molecular formula is C10H4Cl4N4O. The number of amides is 1. The molecule has 0 saturated carbocycles. The molecule has 0 aliphatic heterocycles. The Hall–Kier alpha value is -1.14. The summed E-state index contributed by atoms with van der Waals surface area (Å²) in [6, 6.07) is 4.24. The fourth-order valence-electron chi connectivity index (χ4n) is 1.22. The van der Waals surface area contributed by atoms with E-state index in [0.29, 0.717) is 0 Å². The van der Waals surface area contributed by atoms with Gasteiger partial charge in [0.05, 0.1) is 5.56 Å². The number of carbonyl (C=O) groups is 1. The second-order valence-corrected chi connectivity index (χ2v) is 4.74. The highest BCUT2D eigenvalue weighted by atomic mass is 35.5. The van der Waals surface area contributed by atoms with E-state index in [9.17, 15) is 4.79 Å². The van der Waals surface area contributed by atoms with Gasteiger partial charge in [0.1, 0.15) is 21.3 Å². The molecule has 19 heavy (non-hydrogen) atoms. The Balaban J connectivity index is 2.25. The van der Waals surface area contributed by atoms with Crippen molar-refractivity contribution in [3.8, 4) is 0 Å². The van der Waals surface area contributed by atoms with Gasteiger partial charge in [-0.05, 0) is 23.7 Å². The van der Waals surface area contributed by atoms with Crippen LogP contribution in [0.2, 0.25) is 20.7 Å². The zero-order valence-electron chi connectivity index (χ0n) is 8.99. The maximum Gasteiger partial charge on any atom is 0.259 e. The minimum atomic E-state index is -0.514. The third kappa shape index (κ3) is 3.67. The number of hydrogen-bond donors (Lipinski definition) is 1. The minimum absolute atomic E-state index is 0.0174. The van der Waals surface area contributed by atoms with Crippen molar-refractivity contribution in [2.45, 2.75) is 0 Å². The lowest BCUT2D eigenvalue weighted by Crippen LogP contribution is -2.14. The highest BCUT2D eigenvalue weighted by Crippen LogP contribution is 2.19. The topological polar surface area (TPSA) is 67.8 Å². The molecule has 0 aliphatic rings. The molecule has 9 heteroatoms. The van der Waals surface area contributed by atoms with E-state index in [4.69, 9.17) is 46.4 Å². The fraction of sp³-hybridized carbons (Fsp3) is 0. The summed E-state index contributed by atoms with van der Waals surface area (Å²) in [6.45, 7) is 0. The number of aromatic nitrogens is 3. The highest BCUT2D eigenvalue weighted by molar-refractivity contribution is 6.35. The van der Waals surface area contributed by atoms with Crippen LogP contribution in [0.1, 0.15) is 10.4 Å². The highest BCUT2D eigenvalue weighted by Gasteiger charge is 2.13. The molecule has 2 heterocycles. The Kier molecular flexibility index (Phi) is 4.42. The first-order valence-corrected chi connectivity index (χ1v) is 6.30. The van der Waals surface area contributed by atoms with Crippen LogP contribution in [0.4, 0.5) is 5.82 Å². The Bertz CT molecular complexity index is 629. The zero-order valence-corrected chi connectivity index (χ0v) is 12.0. The molecule has 0 aliphatic carbocycles. The van der Waals surface area contributed by atoms with Gasteiger partial charge in [0.25, 0.3) is 5.91 Å². The number of rotatable bonds is 2. The van der Waals surface area contributed by atoms with Gasteiger partial charge in [-0.2, -0.15) is 0 Å². The van der Waals surface area contributed by atoms with Gasteiger partial charge in [-0.25, -0.2) is 15.0 Å². The van der Waals surface area contributed by atoms with Gasteiger partial charge in [-0.3, -0.25) is 4.79 Å². The molecule has 0 radical (unpaired) electrons. The van der Waals surface area contributed by atoms with Gasteiger partial charge in [0.2, 0.25) is 5.28 Å². The third-order valence-electron chi connectivity index (χ3n) is 1.97. The molecular weight excluding hydrogens is 334 g/mol. The molecule has 1 N–H and O–H groups in total. The van der Waals surface area contributed by atoms with Crippen LogP contribution >= 0.6 is 46.4 Å². The summed E-state index contributed by atoms with van der Waals surface area (Å²) in [5, 5.41) is 2.67. The summed E-state index contributed by atoms with van der Waals surface area (Å²) >= 11 is 22.8. The number of pyridine rings is 1. The second-order valence-electron chi connectivity index (χ2n) is 3.27. The first kappa shape index (κ1) is 14.3. The molecule has 2 rings (SSSR count). The molecule has 1 amide bonds. The number of carbonyl (C=O) groups excluding carboxylic acids is 1. The Morgan fingerprint density at radius 3 is 2.37 bits per heavy atom. The third-order valence-corrected chi connectivity index (χ3v) is 2.83. The quantitative estimate of drug-likeness (QED) is 0.515. The van der Waals surface area contributed by atoms with E-state index in [-0.39, 0.29) is 32.1 Å². The maximum atomic E-state index is 11.9. The molecule has 0 saturated heterocycles. The smallest absolute Gasteiger partial charge is 0.259 e. The van der Waals surface area contributed by atoms with E-state index in [1.165, 1.54) is 18.2 Å². The summed E-state index contributed by atoms with van der Waals surface area (Å²) in [7, 11) is 0. The summed E-state index contributed by atoms with van der Waals surface area (Å²) in [5.41, 5.74) is 0.150. The summed E-state index contributed by atoms with van der Waals surface area (Å²) < 4.78 is 0. The van der Waals surface area contributed by atoms with E-state index in [1.54, 1.807) is 0 Å². The number of nitrogens with one attached hydrogen (secondary N) is 1. The van der Waals surface area contributed by atoms with Crippen molar-refractivity contribution in [3.63, 3.8) is 0 Å². The standard InChI is InChI=1S/C10H4Cl4N4O/c11-5-2-1-4(8(13)15-5)9(19)17-7-3-6(12)16-10(14)18-7/h1-3H,(H,16,17,18,19). The van der Waals surface area contributed by atoms with Gasteiger partial charge in [0, 0.05) is 6.07 Å². The van der Waals surface area contributed by atoms with Crippen LogP contribution in [0.25, 0.3) is 0 Å². The van der Waals surface area contributed by atoms with E-state index in [2.05, 4.69) is 20.3 Å². The van der Waals surface area contributed by atoms with Crippen molar-refractivity contribution in [1.82, 2.24) is 15.0 Å². The monoisotopic (exact) mass is 336 g/mol. The predicted molar refractivity (Wildman–Crippen MR) is 74.3 cm³/mol. The summed E-state index contributed by atoms with van der Waals surface area (Å²) in [4.78, 5) is 23.2. The van der Waals surface area contributed by atoms with Gasteiger partial charge in [0.15, 0.2) is 0 Å². The second kappa shape index (κ2) is 5.88. The van der Waals surface area contributed by atoms with Crippen LogP contribution in [0, 0.1) is 0 Å². The average molecular weight is 338 g/mol. The summed E-state index contributed by atoms with van der Waals surface area (Å²) in [6.07, 6.45) is 0. The van der Waals surface area contributed by atoms with Gasteiger partial charge in [-0.15, -0.1) is 0 Å². The molecule has 0 aromatic carbocycles. The van der Waals surface area contributed by atoms with E-state index in [1.807, 2.05) is 0 Å². The lowest BCUT2D eigenvalue weighted by molar-refractivity contribution is 0.102. The molecule has 0 bridgehead atoms. The molecule has 98 valence electrons. The minimum Gasteiger partial charge on any atom is -0.306 e. The maximum absolute atomic E-state index is 11.9. The number of hydrogen-bond acceptors (Lipinski definition) is 4. The van der Waals surface area contributed by atoms with Crippen molar-refractivity contribution >= 4 is 58.1 Å². The largest absolute Gasteiger partial charge is 0.306 e. The Morgan fingerprint density at radius 1 is 1.00 bits per heavy atom. The first-order valence-electron chi connectivity index (χ1n) is 4.79.